The molecule has 0 radical (unpaired) electrons. The molecule has 3 amide bonds. The van der Waals surface area contributed by atoms with Crippen molar-refractivity contribution in [3.8, 4) is 11.8 Å². The van der Waals surface area contributed by atoms with Crippen molar-refractivity contribution in [2.45, 2.75) is 57.8 Å². The van der Waals surface area contributed by atoms with Gasteiger partial charge in [-0.3, -0.25) is 14.4 Å². The van der Waals surface area contributed by atoms with Gasteiger partial charge in [0.25, 0.3) is 11.8 Å². The molecule has 0 heterocycles. The highest BCUT2D eigenvalue weighted by Crippen LogP contribution is 2.17. The quantitative estimate of drug-likeness (QED) is 0.272. The molecule has 0 saturated heterocycles. The Hall–Kier alpha value is -3.94. The summed E-state index contributed by atoms with van der Waals surface area (Å²) in [6.07, 6.45) is -1.76. The topological polar surface area (TPSA) is 177 Å². The van der Waals surface area contributed by atoms with Gasteiger partial charge in [0.1, 0.15) is 11.9 Å². The number of amides is 3. The molecule has 3 unspecified atom stereocenters. The minimum Gasteiger partial charge on any atom is -0.508 e. The Morgan fingerprint density at radius 2 is 1.57 bits per heavy atom. The van der Waals surface area contributed by atoms with E-state index in [1.807, 2.05) is 13.8 Å². The number of carbonyl (C=O) groups is 3. The third-order valence-electron chi connectivity index (χ3n) is 5.82. The molecule has 0 saturated carbocycles. The van der Waals surface area contributed by atoms with Gasteiger partial charge in [-0.05, 0) is 55.2 Å². The van der Waals surface area contributed by atoms with Gasteiger partial charge in [-0.1, -0.05) is 26.0 Å². The second-order valence-corrected chi connectivity index (χ2v) is 8.83. The fraction of sp³-hybridized carbons (Fsp3) is 0.407. The molecular formula is C27H34N4O6. The van der Waals surface area contributed by atoms with E-state index in [1.165, 1.54) is 30.3 Å². The molecule has 198 valence electrons. The number of phenolic OH excluding ortho intramolecular Hbond substituents is 1. The second-order valence-electron chi connectivity index (χ2n) is 8.83. The van der Waals surface area contributed by atoms with Crippen LogP contribution in [-0.2, 0) is 6.42 Å². The average molecular weight is 511 g/mol. The number of rotatable bonds is 13. The monoisotopic (exact) mass is 510 g/mol. The molecule has 0 aliphatic rings. The Kier molecular flexibility index (Phi) is 11.1. The van der Waals surface area contributed by atoms with E-state index in [4.69, 9.17) is 11.0 Å². The van der Waals surface area contributed by atoms with Crippen LogP contribution in [0.5, 0.6) is 5.75 Å². The lowest BCUT2D eigenvalue weighted by Gasteiger charge is -2.27. The van der Waals surface area contributed by atoms with Crippen LogP contribution < -0.4 is 11.1 Å². The number of benzene rings is 2. The van der Waals surface area contributed by atoms with Gasteiger partial charge in [-0.15, -0.1) is 0 Å². The molecule has 0 aliphatic heterocycles. The number of nitrogens with two attached hydrogens (primary N) is 1. The van der Waals surface area contributed by atoms with Crippen LogP contribution in [-0.4, -0.2) is 69.3 Å². The smallest absolute Gasteiger partial charge is 0.253 e. The zero-order chi connectivity index (χ0) is 27.5. The van der Waals surface area contributed by atoms with Gasteiger partial charge in [0.15, 0.2) is 0 Å². The first-order valence-corrected chi connectivity index (χ1v) is 12.2. The predicted octanol–water partition coefficient (Wildman–Crippen LogP) is 1.73. The number of aromatic hydroxyl groups is 1. The SMILES string of the molecule is CCCN(CCC)C(=O)c1cc(C(N)=O)cc(C(=O)NC(Cc2ccc(O)cc2)C(O)C(O)CC#N)c1. The van der Waals surface area contributed by atoms with E-state index in [1.54, 1.807) is 23.1 Å². The average Bonchev–Trinajstić information content (AvgIpc) is 2.88. The lowest BCUT2D eigenvalue weighted by molar-refractivity contribution is -0.000340. The number of aliphatic hydroxyl groups excluding tert-OH is 2. The van der Waals surface area contributed by atoms with E-state index in [-0.39, 0.29) is 41.2 Å². The first kappa shape index (κ1) is 29.3. The fourth-order valence-corrected chi connectivity index (χ4v) is 3.94. The minimum atomic E-state index is -1.50. The number of hydrogen-bond acceptors (Lipinski definition) is 7. The molecule has 0 aromatic heterocycles. The van der Waals surface area contributed by atoms with E-state index < -0.39 is 30.1 Å². The van der Waals surface area contributed by atoms with Crippen molar-refractivity contribution in [1.29, 1.82) is 5.26 Å². The molecule has 2 rings (SSSR count). The highest BCUT2D eigenvalue weighted by Gasteiger charge is 2.29. The summed E-state index contributed by atoms with van der Waals surface area (Å²) < 4.78 is 0. The standard InChI is InChI=1S/C27H34N4O6/c1-3-11-31(12-4-2)27(37)20-15-18(25(29)35)14-19(16-20)26(36)30-22(24(34)23(33)9-10-28)13-17-5-7-21(32)8-6-17/h5-8,14-16,22-24,32-34H,3-4,9,11-13H2,1-2H3,(H2,29,35)(H,30,36). The number of primary amides is 1. The van der Waals surface area contributed by atoms with Crippen molar-refractivity contribution in [1.82, 2.24) is 10.2 Å². The zero-order valence-corrected chi connectivity index (χ0v) is 21.1. The molecule has 6 N–H and O–H groups in total. The number of phenols is 1. The first-order chi connectivity index (χ1) is 17.6. The van der Waals surface area contributed by atoms with Crippen LogP contribution >= 0.6 is 0 Å². The predicted molar refractivity (Wildman–Crippen MR) is 137 cm³/mol. The third-order valence-corrected chi connectivity index (χ3v) is 5.82. The summed E-state index contributed by atoms with van der Waals surface area (Å²) in [5, 5.41) is 42.0. The molecular weight excluding hydrogens is 476 g/mol. The summed E-state index contributed by atoms with van der Waals surface area (Å²) in [6, 6.07) is 10.8. The number of nitriles is 1. The lowest BCUT2D eigenvalue weighted by atomic mass is 9.95. The van der Waals surface area contributed by atoms with E-state index in [0.29, 0.717) is 18.7 Å². The molecule has 10 nitrogen and oxygen atoms in total. The highest BCUT2D eigenvalue weighted by molar-refractivity contribution is 6.04. The normalized spacial score (nSPS) is 13.2. The molecule has 0 fully saturated rings. The molecule has 0 spiro atoms. The minimum absolute atomic E-state index is 0.0229. The molecule has 0 bridgehead atoms. The van der Waals surface area contributed by atoms with Crippen molar-refractivity contribution in [2.24, 2.45) is 5.73 Å². The lowest BCUT2D eigenvalue weighted by Crippen LogP contribution is -2.49. The summed E-state index contributed by atoms with van der Waals surface area (Å²) >= 11 is 0. The summed E-state index contributed by atoms with van der Waals surface area (Å²) in [7, 11) is 0. The van der Waals surface area contributed by atoms with Crippen LogP contribution in [0.2, 0.25) is 0 Å². The summed E-state index contributed by atoms with van der Waals surface area (Å²) in [4.78, 5) is 40.0. The van der Waals surface area contributed by atoms with Crippen LogP contribution in [0.25, 0.3) is 0 Å². The Morgan fingerprint density at radius 3 is 2.11 bits per heavy atom. The van der Waals surface area contributed by atoms with Gasteiger partial charge >= 0.3 is 0 Å². The maximum Gasteiger partial charge on any atom is 0.253 e. The van der Waals surface area contributed by atoms with Crippen molar-refractivity contribution >= 4 is 17.7 Å². The molecule has 0 aliphatic carbocycles. The number of nitrogens with zero attached hydrogens (tertiary/aromatic N) is 2. The highest BCUT2D eigenvalue weighted by atomic mass is 16.3. The molecule has 37 heavy (non-hydrogen) atoms. The van der Waals surface area contributed by atoms with Crippen molar-refractivity contribution in [3.63, 3.8) is 0 Å². The van der Waals surface area contributed by atoms with Crippen LogP contribution in [0.4, 0.5) is 0 Å². The molecule has 2 aromatic rings. The van der Waals surface area contributed by atoms with Crippen LogP contribution in [0.1, 0.15) is 69.7 Å². The maximum atomic E-state index is 13.3. The van der Waals surface area contributed by atoms with Crippen molar-refractivity contribution in [2.75, 3.05) is 13.1 Å². The van der Waals surface area contributed by atoms with Gasteiger partial charge < -0.3 is 31.3 Å². The number of aliphatic hydroxyl groups is 2. The second kappa shape index (κ2) is 14.0. The van der Waals surface area contributed by atoms with Crippen molar-refractivity contribution < 1.29 is 29.7 Å². The van der Waals surface area contributed by atoms with E-state index in [9.17, 15) is 29.7 Å². The summed E-state index contributed by atoms with van der Waals surface area (Å²) in [6.45, 7) is 4.89. The summed E-state index contributed by atoms with van der Waals surface area (Å²) in [5.74, 6) is -1.82. The van der Waals surface area contributed by atoms with Gasteiger partial charge in [-0.25, -0.2) is 0 Å². The Bertz CT molecular complexity index is 1120. The van der Waals surface area contributed by atoms with Gasteiger partial charge in [0.05, 0.1) is 24.6 Å². The van der Waals surface area contributed by atoms with Gasteiger partial charge in [0, 0.05) is 29.8 Å². The van der Waals surface area contributed by atoms with Crippen LogP contribution in [0, 0.1) is 11.3 Å². The molecule has 3 atom stereocenters. The largest absolute Gasteiger partial charge is 0.508 e. The Balaban J connectivity index is 2.41. The molecule has 2 aromatic carbocycles. The number of carbonyl (C=O) groups excluding carboxylic acids is 3. The van der Waals surface area contributed by atoms with E-state index in [0.717, 1.165) is 12.8 Å². The van der Waals surface area contributed by atoms with Gasteiger partial charge in [-0.2, -0.15) is 5.26 Å². The maximum absolute atomic E-state index is 13.3. The Morgan fingerprint density at radius 1 is 1.00 bits per heavy atom. The zero-order valence-electron chi connectivity index (χ0n) is 21.1. The van der Waals surface area contributed by atoms with Crippen LogP contribution in [0.15, 0.2) is 42.5 Å². The Labute approximate surface area is 216 Å². The van der Waals surface area contributed by atoms with Crippen molar-refractivity contribution in [3.05, 3.63) is 64.7 Å². The first-order valence-electron chi connectivity index (χ1n) is 12.2. The van der Waals surface area contributed by atoms with E-state index in [2.05, 4.69) is 5.32 Å². The van der Waals surface area contributed by atoms with E-state index >= 15 is 0 Å². The number of hydrogen-bond donors (Lipinski definition) is 5. The fourth-order valence-electron chi connectivity index (χ4n) is 3.94. The summed E-state index contributed by atoms with van der Waals surface area (Å²) in [5.41, 5.74) is 6.19. The number of nitrogens with one attached hydrogen (secondary N) is 1. The third kappa shape index (κ3) is 8.31. The molecule has 10 heteroatoms. The van der Waals surface area contributed by atoms with Crippen LogP contribution in [0.3, 0.4) is 0 Å². The van der Waals surface area contributed by atoms with Gasteiger partial charge in [0.2, 0.25) is 5.91 Å².